The van der Waals surface area contributed by atoms with E-state index in [0.717, 1.165) is 44.8 Å². The molecule has 1 saturated carbocycles. The van der Waals surface area contributed by atoms with Gasteiger partial charge >= 0.3 is 0 Å². The smallest absolute Gasteiger partial charge is 0.135 e. The monoisotopic (exact) mass is 278 g/mol. The van der Waals surface area contributed by atoms with E-state index in [1.54, 1.807) is 0 Å². The predicted octanol–water partition coefficient (Wildman–Crippen LogP) is 2.09. The van der Waals surface area contributed by atoms with Crippen molar-refractivity contribution < 1.29 is 4.74 Å². The molecule has 0 aromatic carbocycles. The molecule has 0 unspecified atom stereocenters. The standard InChI is InChI=1S/C15H26N4O/c1-2-4-13(5-3-1)19-12-17-18-15(19)8-11-20-14-6-9-16-10-7-14/h12-14,16H,1-11H2. The molecule has 1 N–H and O–H groups in total. The predicted molar refractivity (Wildman–Crippen MR) is 77.7 cm³/mol. The maximum Gasteiger partial charge on any atom is 0.135 e. The maximum atomic E-state index is 5.98. The Hall–Kier alpha value is -0.940. The second-order valence-corrected chi connectivity index (χ2v) is 6.02. The third-order valence-electron chi connectivity index (χ3n) is 4.58. The van der Waals surface area contributed by atoms with Crippen LogP contribution in [0.3, 0.4) is 0 Å². The molecule has 0 atom stereocenters. The molecule has 0 spiro atoms. The zero-order chi connectivity index (χ0) is 13.6. The van der Waals surface area contributed by atoms with Crippen LogP contribution < -0.4 is 5.32 Å². The summed E-state index contributed by atoms with van der Waals surface area (Å²) in [6.07, 6.45) is 12.1. The van der Waals surface area contributed by atoms with Gasteiger partial charge in [-0.05, 0) is 38.8 Å². The Kier molecular flexibility index (Phi) is 5.03. The molecule has 2 heterocycles. The first kappa shape index (κ1) is 14.0. The van der Waals surface area contributed by atoms with E-state index < -0.39 is 0 Å². The van der Waals surface area contributed by atoms with Gasteiger partial charge in [-0.2, -0.15) is 0 Å². The molecule has 0 amide bonds. The molecule has 2 aliphatic rings. The number of nitrogens with zero attached hydrogens (tertiary/aromatic N) is 3. The van der Waals surface area contributed by atoms with E-state index in [4.69, 9.17) is 4.74 Å². The Morgan fingerprint density at radius 1 is 1.15 bits per heavy atom. The van der Waals surface area contributed by atoms with Crippen molar-refractivity contribution in [2.24, 2.45) is 0 Å². The number of aromatic nitrogens is 3. The largest absolute Gasteiger partial charge is 0.378 e. The van der Waals surface area contributed by atoms with Crippen molar-refractivity contribution >= 4 is 0 Å². The minimum absolute atomic E-state index is 0.433. The van der Waals surface area contributed by atoms with Gasteiger partial charge in [-0.3, -0.25) is 0 Å². The first-order chi connectivity index (χ1) is 9.93. The molecule has 2 fully saturated rings. The van der Waals surface area contributed by atoms with Crippen LogP contribution in [-0.2, 0) is 11.2 Å². The number of rotatable bonds is 5. The van der Waals surface area contributed by atoms with E-state index in [9.17, 15) is 0 Å². The summed E-state index contributed by atoms with van der Waals surface area (Å²) >= 11 is 0. The van der Waals surface area contributed by atoms with Crippen LogP contribution in [0.2, 0.25) is 0 Å². The number of ether oxygens (including phenoxy) is 1. The molecule has 1 aromatic rings. The molecular formula is C15H26N4O. The van der Waals surface area contributed by atoms with Gasteiger partial charge in [0.15, 0.2) is 0 Å². The van der Waals surface area contributed by atoms with Gasteiger partial charge in [0.25, 0.3) is 0 Å². The topological polar surface area (TPSA) is 52.0 Å². The normalized spacial score (nSPS) is 22.2. The van der Waals surface area contributed by atoms with Crippen molar-refractivity contribution in [1.82, 2.24) is 20.1 Å². The fourth-order valence-corrected chi connectivity index (χ4v) is 3.39. The summed E-state index contributed by atoms with van der Waals surface area (Å²) in [5.41, 5.74) is 0. The second kappa shape index (κ2) is 7.18. The SMILES string of the molecule is c1nnc(CCOC2CCNCC2)n1C1CCCCC1. The highest BCUT2D eigenvalue weighted by atomic mass is 16.5. The summed E-state index contributed by atoms with van der Waals surface area (Å²) in [5.74, 6) is 1.10. The van der Waals surface area contributed by atoms with Crippen molar-refractivity contribution in [2.45, 2.75) is 63.5 Å². The molecule has 1 saturated heterocycles. The summed E-state index contributed by atoms with van der Waals surface area (Å²) in [6.45, 7) is 2.95. The van der Waals surface area contributed by atoms with Gasteiger partial charge in [0.05, 0.1) is 12.7 Å². The molecule has 1 aliphatic carbocycles. The lowest BCUT2D eigenvalue weighted by Gasteiger charge is -2.25. The van der Waals surface area contributed by atoms with Crippen LogP contribution in [0.1, 0.15) is 56.8 Å². The summed E-state index contributed by atoms with van der Waals surface area (Å²) < 4.78 is 8.27. The zero-order valence-corrected chi connectivity index (χ0v) is 12.3. The fourth-order valence-electron chi connectivity index (χ4n) is 3.39. The maximum absolute atomic E-state index is 5.98. The molecule has 0 radical (unpaired) electrons. The van der Waals surface area contributed by atoms with Gasteiger partial charge in [0.2, 0.25) is 0 Å². The molecule has 3 rings (SSSR count). The minimum Gasteiger partial charge on any atom is -0.378 e. The minimum atomic E-state index is 0.433. The van der Waals surface area contributed by atoms with Crippen LogP contribution in [-0.4, -0.2) is 40.6 Å². The van der Waals surface area contributed by atoms with Crippen LogP contribution in [0.4, 0.5) is 0 Å². The molecule has 5 nitrogen and oxygen atoms in total. The zero-order valence-electron chi connectivity index (χ0n) is 12.3. The Bertz CT molecular complexity index is 394. The van der Waals surface area contributed by atoms with Crippen molar-refractivity contribution in [1.29, 1.82) is 0 Å². The quantitative estimate of drug-likeness (QED) is 0.896. The third-order valence-corrected chi connectivity index (χ3v) is 4.58. The number of piperidine rings is 1. The van der Waals surface area contributed by atoms with Gasteiger partial charge in [0, 0.05) is 12.5 Å². The van der Waals surface area contributed by atoms with Crippen molar-refractivity contribution in [3.63, 3.8) is 0 Å². The van der Waals surface area contributed by atoms with Crippen LogP contribution >= 0.6 is 0 Å². The Labute approximate surface area is 121 Å². The lowest BCUT2D eigenvalue weighted by atomic mass is 9.95. The Morgan fingerprint density at radius 2 is 1.95 bits per heavy atom. The molecule has 1 aliphatic heterocycles. The lowest BCUT2D eigenvalue weighted by Crippen LogP contribution is -2.33. The van der Waals surface area contributed by atoms with E-state index in [-0.39, 0.29) is 0 Å². The van der Waals surface area contributed by atoms with Gasteiger partial charge in [-0.15, -0.1) is 10.2 Å². The van der Waals surface area contributed by atoms with E-state index in [0.29, 0.717) is 12.1 Å². The molecule has 112 valence electrons. The molecular weight excluding hydrogens is 252 g/mol. The fraction of sp³-hybridized carbons (Fsp3) is 0.867. The van der Waals surface area contributed by atoms with Gasteiger partial charge < -0.3 is 14.6 Å². The molecule has 5 heteroatoms. The highest BCUT2D eigenvalue weighted by Crippen LogP contribution is 2.28. The average Bonchev–Trinajstić information content (AvgIpc) is 2.98. The van der Waals surface area contributed by atoms with E-state index in [1.807, 2.05) is 6.33 Å². The first-order valence-corrected chi connectivity index (χ1v) is 8.14. The molecule has 1 aromatic heterocycles. The molecule has 20 heavy (non-hydrogen) atoms. The van der Waals surface area contributed by atoms with Gasteiger partial charge in [0.1, 0.15) is 12.2 Å². The summed E-state index contributed by atoms with van der Waals surface area (Å²) in [5, 5.41) is 11.8. The van der Waals surface area contributed by atoms with Crippen LogP contribution in [0, 0.1) is 0 Å². The van der Waals surface area contributed by atoms with E-state index >= 15 is 0 Å². The molecule has 0 bridgehead atoms. The third kappa shape index (κ3) is 3.58. The van der Waals surface area contributed by atoms with E-state index in [2.05, 4.69) is 20.1 Å². The van der Waals surface area contributed by atoms with Gasteiger partial charge in [-0.25, -0.2) is 0 Å². The summed E-state index contributed by atoms with van der Waals surface area (Å²) in [6, 6.07) is 0.618. The van der Waals surface area contributed by atoms with Crippen molar-refractivity contribution in [2.75, 3.05) is 19.7 Å². The number of nitrogens with one attached hydrogen (secondary N) is 1. The number of hydrogen-bond donors (Lipinski definition) is 1. The van der Waals surface area contributed by atoms with Crippen LogP contribution in [0.15, 0.2) is 6.33 Å². The Balaban J connectivity index is 1.48. The highest BCUT2D eigenvalue weighted by molar-refractivity contribution is 4.91. The van der Waals surface area contributed by atoms with Crippen molar-refractivity contribution in [3.8, 4) is 0 Å². The highest BCUT2D eigenvalue weighted by Gasteiger charge is 2.19. The summed E-state index contributed by atoms with van der Waals surface area (Å²) in [4.78, 5) is 0. The number of hydrogen-bond acceptors (Lipinski definition) is 4. The second-order valence-electron chi connectivity index (χ2n) is 6.02. The van der Waals surface area contributed by atoms with Crippen LogP contribution in [0.25, 0.3) is 0 Å². The van der Waals surface area contributed by atoms with E-state index in [1.165, 1.54) is 32.1 Å². The van der Waals surface area contributed by atoms with Crippen LogP contribution in [0.5, 0.6) is 0 Å². The van der Waals surface area contributed by atoms with Gasteiger partial charge in [-0.1, -0.05) is 19.3 Å². The summed E-state index contributed by atoms with van der Waals surface area (Å²) in [7, 11) is 0. The first-order valence-electron chi connectivity index (χ1n) is 8.14. The lowest BCUT2D eigenvalue weighted by molar-refractivity contribution is 0.0337. The average molecular weight is 278 g/mol. The Morgan fingerprint density at radius 3 is 2.75 bits per heavy atom. The van der Waals surface area contributed by atoms with Crippen molar-refractivity contribution in [3.05, 3.63) is 12.2 Å².